The van der Waals surface area contributed by atoms with Crippen LogP contribution in [0.5, 0.6) is 0 Å². The molecule has 0 saturated carbocycles. The summed E-state index contributed by atoms with van der Waals surface area (Å²) in [6.45, 7) is 2.53. The van der Waals surface area contributed by atoms with Crippen molar-refractivity contribution >= 4 is 22.9 Å². The van der Waals surface area contributed by atoms with Crippen LogP contribution in [0.4, 0.5) is 0 Å². The summed E-state index contributed by atoms with van der Waals surface area (Å²) >= 11 is 1.61. The summed E-state index contributed by atoms with van der Waals surface area (Å²) in [5.41, 5.74) is 4.15. The van der Waals surface area contributed by atoms with Crippen LogP contribution < -0.4 is 5.32 Å². The second kappa shape index (κ2) is 7.09. The van der Waals surface area contributed by atoms with Gasteiger partial charge in [0.2, 0.25) is 0 Å². The summed E-state index contributed by atoms with van der Waals surface area (Å²) in [4.78, 5) is 17.7. The van der Waals surface area contributed by atoms with Crippen LogP contribution in [0, 0.1) is 6.92 Å². The van der Waals surface area contributed by atoms with Gasteiger partial charge in [-0.1, -0.05) is 6.07 Å². The molecular formula is C18H18N6OS. The molecule has 4 heterocycles. The average Bonchev–Trinajstić information content (AvgIpc) is 3.36. The first-order chi connectivity index (χ1) is 12.7. The predicted octanol–water partition coefficient (Wildman–Crippen LogP) is 2.85. The molecule has 1 amide bonds. The maximum Gasteiger partial charge on any atom is 0.271 e. The van der Waals surface area contributed by atoms with E-state index < -0.39 is 0 Å². The molecule has 7 nitrogen and oxygen atoms in total. The van der Waals surface area contributed by atoms with Crippen molar-refractivity contribution in [2.24, 2.45) is 0 Å². The zero-order chi connectivity index (χ0) is 17.9. The summed E-state index contributed by atoms with van der Waals surface area (Å²) in [7, 11) is 0. The van der Waals surface area contributed by atoms with Crippen molar-refractivity contribution in [2.75, 3.05) is 6.54 Å². The van der Waals surface area contributed by atoms with E-state index >= 15 is 0 Å². The lowest BCUT2D eigenvalue weighted by Crippen LogP contribution is -2.25. The highest BCUT2D eigenvalue weighted by Gasteiger charge is 2.11. The van der Waals surface area contributed by atoms with Crippen molar-refractivity contribution in [3.63, 3.8) is 0 Å². The maximum atomic E-state index is 12.2. The third-order valence-corrected chi connectivity index (χ3v) is 4.92. The summed E-state index contributed by atoms with van der Waals surface area (Å²) < 4.78 is 1.79. The van der Waals surface area contributed by atoms with Crippen LogP contribution in [0.2, 0.25) is 0 Å². The second-order valence-electron chi connectivity index (χ2n) is 6.05. The van der Waals surface area contributed by atoms with Gasteiger partial charge in [-0.2, -0.15) is 10.2 Å². The van der Waals surface area contributed by atoms with Crippen LogP contribution in [0.15, 0.2) is 42.0 Å². The quantitative estimate of drug-likeness (QED) is 0.514. The predicted molar refractivity (Wildman–Crippen MR) is 100 cm³/mol. The fraction of sp³-hybridized carbons (Fsp3) is 0.222. The smallest absolute Gasteiger partial charge is 0.271 e. The molecule has 0 unspecified atom stereocenters. The number of carbonyl (C=O) groups excluding carboxylic acids is 1. The number of carbonyl (C=O) groups is 1. The Kier molecular flexibility index (Phi) is 4.49. The summed E-state index contributed by atoms with van der Waals surface area (Å²) in [6, 6.07) is 7.68. The molecule has 0 fully saturated rings. The number of hydrogen-bond acceptors (Lipinski definition) is 5. The van der Waals surface area contributed by atoms with Crippen LogP contribution in [-0.2, 0) is 6.42 Å². The molecule has 4 rings (SSSR count). The van der Waals surface area contributed by atoms with Crippen LogP contribution in [0.3, 0.4) is 0 Å². The molecule has 4 aromatic heterocycles. The molecule has 26 heavy (non-hydrogen) atoms. The molecule has 4 aromatic rings. The molecule has 0 bridgehead atoms. The zero-order valence-corrected chi connectivity index (χ0v) is 15.1. The molecule has 0 radical (unpaired) electrons. The fourth-order valence-corrected chi connectivity index (χ4v) is 3.44. The van der Waals surface area contributed by atoms with Gasteiger partial charge in [-0.05, 0) is 42.8 Å². The number of fused-ring (bicyclic) bond motifs is 1. The Hall–Kier alpha value is -3.00. The standard InChI is InChI=1S/C18H18N6OS/c1-12-8-17-20-10-13(11-24(17)23-12)4-2-6-19-18(25)15-9-14(21-22-15)16-5-3-7-26-16/h3,5,7-11H,2,4,6H2,1H3,(H,19,25)(H,21,22). The Morgan fingerprint density at radius 2 is 2.31 bits per heavy atom. The van der Waals surface area contributed by atoms with E-state index in [2.05, 4.69) is 25.6 Å². The van der Waals surface area contributed by atoms with Crippen molar-refractivity contribution in [1.82, 2.24) is 30.1 Å². The number of amides is 1. The summed E-state index contributed by atoms with van der Waals surface area (Å²) in [6.07, 6.45) is 5.49. The van der Waals surface area contributed by atoms with E-state index in [1.165, 1.54) is 0 Å². The molecule has 0 spiro atoms. The van der Waals surface area contributed by atoms with Crippen molar-refractivity contribution in [3.8, 4) is 10.6 Å². The highest BCUT2D eigenvalue weighted by molar-refractivity contribution is 7.13. The lowest BCUT2D eigenvalue weighted by atomic mass is 10.2. The van der Waals surface area contributed by atoms with E-state index in [0.717, 1.165) is 40.3 Å². The number of rotatable bonds is 6. The fourth-order valence-electron chi connectivity index (χ4n) is 2.74. The molecule has 0 aliphatic carbocycles. The lowest BCUT2D eigenvalue weighted by Gasteiger charge is -2.04. The summed E-state index contributed by atoms with van der Waals surface area (Å²) in [5.74, 6) is -0.166. The zero-order valence-electron chi connectivity index (χ0n) is 14.3. The molecule has 8 heteroatoms. The molecule has 0 aliphatic heterocycles. The van der Waals surface area contributed by atoms with Crippen molar-refractivity contribution in [1.29, 1.82) is 0 Å². The first-order valence-corrected chi connectivity index (χ1v) is 9.25. The first-order valence-electron chi connectivity index (χ1n) is 8.37. The van der Waals surface area contributed by atoms with Gasteiger partial charge in [0.25, 0.3) is 5.91 Å². The van der Waals surface area contributed by atoms with Crippen molar-refractivity contribution < 1.29 is 4.79 Å². The van der Waals surface area contributed by atoms with Crippen molar-refractivity contribution in [2.45, 2.75) is 19.8 Å². The monoisotopic (exact) mass is 366 g/mol. The van der Waals surface area contributed by atoms with Gasteiger partial charge in [0.15, 0.2) is 11.3 Å². The molecule has 2 N–H and O–H groups in total. The highest BCUT2D eigenvalue weighted by atomic mass is 32.1. The van der Waals surface area contributed by atoms with Gasteiger partial charge in [-0.25, -0.2) is 9.50 Å². The Morgan fingerprint density at radius 3 is 3.15 bits per heavy atom. The topological polar surface area (TPSA) is 88.0 Å². The van der Waals surface area contributed by atoms with Gasteiger partial charge in [0.05, 0.1) is 16.3 Å². The van der Waals surface area contributed by atoms with E-state index in [9.17, 15) is 4.79 Å². The van der Waals surface area contributed by atoms with E-state index in [4.69, 9.17) is 0 Å². The van der Waals surface area contributed by atoms with Crippen molar-refractivity contribution in [3.05, 3.63) is 59.0 Å². The van der Waals surface area contributed by atoms with Gasteiger partial charge in [0.1, 0.15) is 0 Å². The number of aromatic amines is 1. The van der Waals surface area contributed by atoms with Crippen LogP contribution in [-0.4, -0.2) is 37.2 Å². The molecule has 0 aromatic carbocycles. The second-order valence-corrected chi connectivity index (χ2v) is 7.00. The largest absolute Gasteiger partial charge is 0.351 e. The number of aromatic nitrogens is 5. The van der Waals surface area contributed by atoms with E-state index in [-0.39, 0.29) is 5.91 Å². The highest BCUT2D eigenvalue weighted by Crippen LogP contribution is 2.22. The number of nitrogens with zero attached hydrogens (tertiary/aromatic N) is 4. The number of aryl methyl sites for hydroxylation is 2. The normalized spacial score (nSPS) is 11.1. The van der Waals surface area contributed by atoms with Gasteiger partial charge in [-0.3, -0.25) is 9.89 Å². The number of H-pyrrole nitrogens is 1. The van der Waals surface area contributed by atoms with Gasteiger partial charge >= 0.3 is 0 Å². The molecule has 0 saturated heterocycles. The average molecular weight is 366 g/mol. The molecule has 0 aliphatic rings. The first kappa shape index (κ1) is 16.5. The minimum Gasteiger partial charge on any atom is -0.351 e. The van der Waals surface area contributed by atoms with Gasteiger partial charge in [-0.15, -0.1) is 11.3 Å². The Bertz CT molecular complexity index is 1030. The van der Waals surface area contributed by atoms with Crippen LogP contribution in [0.1, 0.15) is 28.2 Å². The molecule has 0 atom stereocenters. The van der Waals surface area contributed by atoms with Gasteiger partial charge in [0, 0.05) is 25.0 Å². The summed E-state index contributed by atoms with van der Waals surface area (Å²) in [5, 5.41) is 16.3. The minimum absolute atomic E-state index is 0.166. The van der Waals surface area contributed by atoms with Gasteiger partial charge < -0.3 is 5.32 Å². The number of hydrogen-bond donors (Lipinski definition) is 2. The maximum absolute atomic E-state index is 12.2. The van der Waals surface area contributed by atoms with E-state index in [1.54, 1.807) is 21.9 Å². The van der Waals surface area contributed by atoms with E-state index in [1.807, 2.05) is 42.9 Å². The number of thiophene rings is 1. The van der Waals surface area contributed by atoms with Crippen LogP contribution in [0.25, 0.3) is 16.2 Å². The molecular weight excluding hydrogens is 348 g/mol. The number of nitrogens with one attached hydrogen (secondary N) is 2. The van der Waals surface area contributed by atoms with Crippen LogP contribution >= 0.6 is 11.3 Å². The lowest BCUT2D eigenvalue weighted by molar-refractivity contribution is 0.0948. The van der Waals surface area contributed by atoms with E-state index in [0.29, 0.717) is 12.2 Å². The Morgan fingerprint density at radius 1 is 1.38 bits per heavy atom. The minimum atomic E-state index is -0.166. The third-order valence-electron chi connectivity index (χ3n) is 4.01. The third kappa shape index (κ3) is 3.50. The Labute approximate surface area is 154 Å². The Balaban J connectivity index is 1.29. The molecule has 132 valence electrons. The SMILES string of the molecule is Cc1cc2ncc(CCCNC(=O)c3cc(-c4cccs4)[nH]n3)cn2n1.